The number of amides is 2. The second-order valence-electron chi connectivity index (χ2n) is 9.20. The molecule has 2 amide bonds. The van der Waals surface area contributed by atoms with Crippen LogP contribution in [0.4, 0.5) is 4.39 Å². The topological polar surface area (TPSA) is 86.7 Å². The largest absolute Gasteiger partial charge is 0.474 e. The number of nitrogens with one attached hydrogen (secondary N) is 1. The van der Waals surface area contributed by atoms with Gasteiger partial charge in [0.25, 0.3) is 5.91 Å². The number of hydrogen-bond acceptors (Lipinski definition) is 3. The first-order valence-electron chi connectivity index (χ1n) is 13.0. The highest BCUT2D eigenvalue weighted by atomic mass is 19.1. The van der Waals surface area contributed by atoms with Gasteiger partial charge in [0.15, 0.2) is 0 Å². The molecule has 2 N–H and O–H groups in total. The highest BCUT2D eigenvalue weighted by Crippen LogP contribution is 2.15. The van der Waals surface area contributed by atoms with Gasteiger partial charge in [0.05, 0.1) is 0 Å². The van der Waals surface area contributed by atoms with E-state index >= 15 is 0 Å². The zero-order chi connectivity index (χ0) is 26.2. The van der Waals surface area contributed by atoms with Gasteiger partial charge in [-0.05, 0) is 30.2 Å². The fourth-order valence-electron chi connectivity index (χ4n) is 4.11. The summed E-state index contributed by atoms with van der Waals surface area (Å²) >= 11 is 0. The molecule has 0 aromatic heterocycles. The average molecular weight is 499 g/mol. The van der Waals surface area contributed by atoms with Crippen molar-refractivity contribution in [3.63, 3.8) is 0 Å². The number of nitrogens with zero attached hydrogens (tertiary/aromatic N) is 1. The van der Waals surface area contributed by atoms with Crippen LogP contribution in [0.5, 0.6) is 0 Å². The zero-order valence-electron chi connectivity index (χ0n) is 21.3. The van der Waals surface area contributed by atoms with Gasteiger partial charge in [-0.3, -0.25) is 9.59 Å². The standard InChI is InChI=1S/C29H39FN2O4/c1-2-3-4-5-6-7-8-9-10-13-19-31-27(33)24-17-14-15-23(20-24)21-32(28(34)29(35)36)22-25-16-11-12-18-26(25)30/h11-12,14-18,20H,2-10,13,19,21-22H2,1H3,(H,31,33)(H,35,36). The van der Waals surface area contributed by atoms with Crippen LogP contribution in [0.3, 0.4) is 0 Å². The lowest BCUT2D eigenvalue weighted by molar-refractivity contribution is -0.156. The Bertz CT molecular complexity index is 979. The van der Waals surface area contributed by atoms with E-state index in [1.807, 2.05) is 0 Å². The van der Waals surface area contributed by atoms with Gasteiger partial charge in [-0.15, -0.1) is 0 Å². The maximum Gasteiger partial charge on any atom is 0.394 e. The van der Waals surface area contributed by atoms with E-state index in [1.54, 1.807) is 30.3 Å². The first-order chi connectivity index (χ1) is 17.4. The summed E-state index contributed by atoms with van der Waals surface area (Å²) in [7, 11) is 0. The van der Waals surface area contributed by atoms with E-state index in [1.165, 1.54) is 69.6 Å². The predicted octanol–water partition coefficient (Wildman–Crippen LogP) is 6.09. The summed E-state index contributed by atoms with van der Waals surface area (Å²) in [6, 6.07) is 12.6. The number of halogens is 1. The Morgan fingerprint density at radius 2 is 1.47 bits per heavy atom. The third-order valence-electron chi connectivity index (χ3n) is 6.17. The van der Waals surface area contributed by atoms with Crippen LogP contribution in [-0.2, 0) is 22.7 Å². The fraction of sp³-hybridized carbons (Fsp3) is 0.483. The molecule has 0 saturated carbocycles. The monoisotopic (exact) mass is 498 g/mol. The second-order valence-corrected chi connectivity index (χ2v) is 9.20. The predicted molar refractivity (Wildman–Crippen MR) is 139 cm³/mol. The summed E-state index contributed by atoms with van der Waals surface area (Å²) in [5.41, 5.74) is 1.25. The summed E-state index contributed by atoms with van der Waals surface area (Å²) in [5.74, 6) is -3.47. The van der Waals surface area contributed by atoms with Gasteiger partial charge in [0.2, 0.25) is 0 Å². The van der Waals surface area contributed by atoms with Crippen LogP contribution in [0.15, 0.2) is 48.5 Å². The number of carboxylic acid groups (broad SMARTS) is 1. The Morgan fingerprint density at radius 1 is 0.833 bits per heavy atom. The van der Waals surface area contributed by atoms with Crippen LogP contribution >= 0.6 is 0 Å². The Hall–Kier alpha value is -3.22. The average Bonchev–Trinajstić information content (AvgIpc) is 2.87. The van der Waals surface area contributed by atoms with E-state index in [0.29, 0.717) is 17.7 Å². The lowest BCUT2D eigenvalue weighted by Crippen LogP contribution is -2.35. The van der Waals surface area contributed by atoms with Crippen molar-refractivity contribution in [1.82, 2.24) is 10.2 Å². The molecule has 0 heterocycles. The fourth-order valence-corrected chi connectivity index (χ4v) is 4.11. The van der Waals surface area contributed by atoms with Crippen molar-refractivity contribution in [2.75, 3.05) is 6.54 Å². The van der Waals surface area contributed by atoms with Gasteiger partial charge < -0.3 is 15.3 Å². The van der Waals surface area contributed by atoms with E-state index in [4.69, 9.17) is 0 Å². The van der Waals surface area contributed by atoms with Crippen LogP contribution in [0.25, 0.3) is 0 Å². The lowest BCUT2D eigenvalue weighted by atomic mass is 10.1. The molecule has 7 heteroatoms. The van der Waals surface area contributed by atoms with Crippen LogP contribution in [-0.4, -0.2) is 34.3 Å². The molecule has 0 saturated heterocycles. The summed E-state index contributed by atoms with van der Waals surface area (Å²) < 4.78 is 14.1. The van der Waals surface area contributed by atoms with Crippen molar-refractivity contribution in [3.8, 4) is 0 Å². The van der Waals surface area contributed by atoms with Crippen molar-refractivity contribution >= 4 is 17.8 Å². The summed E-state index contributed by atoms with van der Waals surface area (Å²) in [4.78, 5) is 37.2. The van der Waals surface area contributed by atoms with Crippen LogP contribution < -0.4 is 5.32 Å². The van der Waals surface area contributed by atoms with E-state index in [-0.39, 0.29) is 24.6 Å². The number of aliphatic carboxylic acids is 1. The van der Waals surface area contributed by atoms with Gasteiger partial charge in [-0.2, -0.15) is 0 Å². The molecular formula is C29H39FN2O4. The van der Waals surface area contributed by atoms with Gasteiger partial charge in [0.1, 0.15) is 5.82 Å². The molecule has 0 fully saturated rings. The highest BCUT2D eigenvalue weighted by Gasteiger charge is 2.22. The normalized spacial score (nSPS) is 10.7. The smallest absolute Gasteiger partial charge is 0.394 e. The number of carbonyl (C=O) groups excluding carboxylic acids is 2. The quantitative estimate of drug-likeness (QED) is 0.217. The molecule has 2 aromatic rings. The molecule has 0 spiro atoms. The number of carboxylic acids is 1. The van der Waals surface area contributed by atoms with Crippen molar-refractivity contribution in [1.29, 1.82) is 0 Å². The van der Waals surface area contributed by atoms with Crippen LogP contribution in [0.1, 0.15) is 92.6 Å². The number of rotatable bonds is 16. The summed E-state index contributed by atoms with van der Waals surface area (Å²) in [6.45, 7) is 2.58. The minimum atomic E-state index is -1.61. The van der Waals surface area contributed by atoms with E-state index in [0.717, 1.165) is 17.7 Å². The Labute approximate surface area is 213 Å². The van der Waals surface area contributed by atoms with Gasteiger partial charge >= 0.3 is 11.9 Å². The molecule has 0 bridgehead atoms. The SMILES string of the molecule is CCCCCCCCCCCCNC(=O)c1cccc(CN(Cc2ccccc2F)C(=O)C(=O)O)c1. The number of carbonyl (C=O) groups is 3. The lowest BCUT2D eigenvalue weighted by Gasteiger charge is -2.21. The van der Waals surface area contributed by atoms with Gasteiger partial charge in [0, 0.05) is 30.8 Å². The third-order valence-corrected chi connectivity index (χ3v) is 6.17. The Balaban J connectivity index is 1.82. The summed E-state index contributed by atoms with van der Waals surface area (Å²) in [6.07, 6.45) is 12.3. The molecule has 0 radical (unpaired) electrons. The van der Waals surface area contributed by atoms with Crippen molar-refractivity contribution in [3.05, 3.63) is 71.0 Å². The number of hydrogen-bond donors (Lipinski definition) is 2. The van der Waals surface area contributed by atoms with E-state index in [9.17, 15) is 23.9 Å². The summed E-state index contributed by atoms with van der Waals surface area (Å²) in [5, 5.41) is 12.1. The van der Waals surface area contributed by atoms with Gasteiger partial charge in [-0.1, -0.05) is 95.0 Å². The minimum Gasteiger partial charge on any atom is -0.474 e. The third kappa shape index (κ3) is 10.6. The van der Waals surface area contributed by atoms with E-state index in [2.05, 4.69) is 12.2 Å². The maximum absolute atomic E-state index is 14.1. The minimum absolute atomic E-state index is 0.0565. The molecule has 36 heavy (non-hydrogen) atoms. The number of unbranched alkanes of at least 4 members (excludes halogenated alkanes) is 9. The molecule has 196 valence electrons. The zero-order valence-corrected chi connectivity index (χ0v) is 21.3. The molecule has 6 nitrogen and oxygen atoms in total. The molecule has 0 atom stereocenters. The van der Waals surface area contributed by atoms with Gasteiger partial charge in [-0.25, -0.2) is 9.18 Å². The van der Waals surface area contributed by atoms with E-state index < -0.39 is 17.7 Å². The van der Waals surface area contributed by atoms with Crippen molar-refractivity contribution in [2.45, 2.75) is 84.2 Å². The van der Waals surface area contributed by atoms with Crippen LogP contribution in [0, 0.1) is 5.82 Å². The second kappa shape index (κ2) is 16.5. The molecule has 0 aliphatic rings. The first kappa shape index (κ1) is 29.0. The highest BCUT2D eigenvalue weighted by molar-refractivity contribution is 6.31. The molecule has 0 aliphatic heterocycles. The molecule has 2 aromatic carbocycles. The molecule has 0 aliphatic carbocycles. The first-order valence-corrected chi connectivity index (χ1v) is 13.0. The van der Waals surface area contributed by atoms with Crippen molar-refractivity contribution < 1.29 is 23.9 Å². The molecule has 0 unspecified atom stereocenters. The molecule has 2 rings (SSSR count). The van der Waals surface area contributed by atoms with Crippen molar-refractivity contribution in [2.24, 2.45) is 0 Å². The number of benzene rings is 2. The van der Waals surface area contributed by atoms with Crippen LogP contribution in [0.2, 0.25) is 0 Å². The Morgan fingerprint density at radius 3 is 2.11 bits per heavy atom. The Kier molecular flexibility index (Phi) is 13.3. The molecular weight excluding hydrogens is 459 g/mol. The maximum atomic E-state index is 14.1.